The monoisotopic (exact) mass is 329 g/mol. The Labute approximate surface area is 145 Å². The highest BCUT2D eigenvalue weighted by Gasteiger charge is 2.19. The van der Waals surface area contributed by atoms with Crippen LogP contribution in [0.15, 0.2) is 48.3 Å². The zero-order valence-corrected chi connectivity index (χ0v) is 14.7. The predicted molar refractivity (Wildman–Crippen MR) is 98.3 cm³/mol. The lowest BCUT2D eigenvalue weighted by Crippen LogP contribution is -2.08. The first-order chi connectivity index (χ1) is 10.8. The quantitative estimate of drug-likeness (QED) is 0.747. The van der Waals surface area contributed by atoms with E-state index in [1.165, 1.54) is 23.1 Å². The molecule has 2 nitrogen and oxygen atoms in total. The van der Waals surface area contributed by atoms with Crippen LogP contribution in [0.25, 0.3) is 5.57 Å². The number of fused-ring (bicyclic) bond motifs is 1. The number of halogens is 1. The summed E-state index contributed by atoms with van der Waals surface area (Å²) >= 11 is 0. The normalized spacial score (nSPS) is 13.3. The molecule has 0 saturated carbocycles. The van der Waals surface area contributed by atoms with Crippen LogP contribution >= 0.6 is 12.4 Å². The van der Waals surface area contributed by atoms with Crippen molar-refractivity contribution in [2.24, 2.45) is 0 Å². The van der Waals surface area contributed by atoms with Gasteiger partial charge in [0, 0.05) is 12.4 Å². The summed E-state index contributed by atoms with van der Waals surface area (Å²) < 4.78 is 5.37. The molecule has 1 aliphatic rings. The lowest BCUT2D eigenvalue weighted by molar-refractivity contribution is 0.414. The zero-order chi connectivity index (χ0) is 15.4. The fourth-order valence-corrected chi connectivity index (χ4v) is 3.33. The van der Waals surface area contributed by atoms with Crippen molar-refractivity contribution in [3.05, 3.63) is 65.0 Å². The van der Waals surface area contributed by atoms with Crippen LogP contribution in [-0.4, -0.2) is 12.1 Å². The van der Waals surface area contributed by atoms with Crippen molar-refractivity contribution in [2.75, 3.05) is 7.11 Å². The minimum absolute atomic E-state index is 0. The Morgan fingerprint density at radius 1 is 1.09 bits per heavy atom. The van der Waals surface area contributed by atoms with Crippen molar-refractivity contribution in [3.8, 4) is 5.75 Å². The summed E-state index contributed by atoms with van der Waals surface area (Å²) in [4.78, 5) is 4.12. The first-order valence-corrected chi connectivity index (χ1v) is 8.09. The number of aromatic nitrogens is 1. The second-order valence-electron chi connectivity index (χ2n) is 5.89. The van der Waals surface area contributed by atoms with Gasteiger partial charge in [0.15, 0.2) is 0 Å². The number of aryl methyl sites for hydroxylation is 1. The molecule has 0 amide bonds. The lowest BCUT2D eigenvalue weighted by Gasteiger charge is -2.24. The highest BCUT2D eigenvalue weighted by molar-refractivity contribution is 5.85. The summed E-state index contributed by atoms with van der Waals surface area (Å²) in [5.41, 5.74) is 7.35. The van der Waals surface area contributed by atoms with Gasteiger partial charge < -0.3 is 4.74 Å². The number of ether oxygens (including phenoxy) is 1. The molecule has 0 radical (unpaired) electrons. The highest BCUT2D eigenvalue weighted by Crippen LogP contribution is 2.37. The van der Waals surface area contributed by atoms with Gasteiger partial charge in [0.25, 0.3) is 0 Å². The molecule has 0 N–H and O–H groups in total. The van der Waals surface area contributed by atoms with Gasteiger partial charge in [0.05, 0.1) is 7.11 Å². The Balaban J connectivity index is 0.00000192. The van der Waals surface area contributed by atoms with Gasteiger partial charge in [-0.15, -0.1) is 12.4 Å². The average molecular weight is 330 g/mol. The SMILES string of the molecule is CCCC1=C(Cc2ccncc2)CCc2cc(OC)ccc21.Cl. The molecule has 0 spiro atoms. The van der Waals surface area contributed by atoms with Gasteiger partial charge in [-0.2, -0.15) is 0 Å². The molecule has 1 aliphatic carbocycles. The Bertz CT molecular complexity index is 679. The van der Waals surface area contributed by atoms with Crippen LogP contribution in [0.2, 0.25) is 0 Å². The molecule has 3 heteroatoms. The smallest absolute Gasteiger partial charge is 0.119 e. The van der Waals surface area contributed by atoms with Crippen molar-refractivity contribution in [2.45, 2.75) is 39.0 Å². The summed E-state index contributed by atoms with van der Waals surface area (Å²) in [5, 5.41) is 0. The number of nitrogens with zero attached hydrogens (tertiary/aromatic N) is 1. The van der Waals surface area contributed by atoms with E-state index >= 15 is 0 Å². The van der Waals surface area contributed by atoms with Gasteiger partial charge >= 0.3 is 0 Å². The maximum atomic E-state index is 5.37. The minimum Gasteiger partial charge on any atom is -0.497 e. The third-order valence-corrected chi connectivity index (χ3v) is 4.43. The summed E-state index contributed by atoms with van der Waals surface area (Å²) in [6.07, 6.45) is 9.41. The van der Waals surface area contributed by atoms with Gasteiger partial charge in [-0.25, -0.2) is 0 Å². The summed E-state index contributed by atoms with van der Waals surface area (Å²) in [6.45, 7) is 2.26. The summed E-state index contributed by atoms with van der Waals surface area (Å²) in [5.74, 6) is 0.965. The molecule has 0 saturated heterocycles. The number of allylic oxidation sites excluding steroid dienone is 2. The topological polar surface area (TPSA) is 22.1 Å². The third kappa shape index (κ3) is 3.94. The molecule has 0 unspecified atom stereocenters. The maximum Gasteiger partial charge on any atom is 0.119 e. The molecule has 0 aliphatic heterocycles. The average Bonchev–Trinajstić information content (AvgIpc) is 2.57. The molecule has 1 aromatic heterocycles. The largest absolute Gasteiger partial charge is 0.497 e. The van der Waals surface area contributed by atoms with Gasteiger partial charge in [0.1, 0.15) is 5.75 Å². The highest BCUT2D eigenvalue weighted by atomic mass is 35.5. The Kier molecular flexibility index (Phi) is 6.23. The van der Waals surface area contributed by atoms with E-state index < -0.39 is 0 Å². The number of hydrogen-bond acceptors (Lipinski definition) is 2. The maximum absolute atomic E-state index is 5.37. The van der Waals surface area contributed by atoms with E-state index in [4.69, 9.17) is 4.74 Å². The van der Waals surface area contributed by atoms with E-state index in [-0.39, 0.29) is 12.4 Å². The second-order valence-corrected chi connectivity index (χ2v) is 5.89. The number of hydrogen-bond donors (Lipinski definition) is 0. The summed E-state index contributed by atoms with van der Waals surface area (Å²) in [6, 6.07) is 10.8. The van der Waals surface area contributed by atoms with E-state index in [9.17, 15) is 0 Å². The Morgan fingerprint density at radius 2 is 1.87 bits per heavy atom. The molecular formula is C20H24ClNO. The molecule has 3 rings (SSSR count). The van der Waals surface area contributed by atoms with Crippen molar-refractivity contribution < 1.29 is 4.74 Å². The van der Waals surface area contributed by atoms with Crippen LogP contribution in [-0.2, 0) is 12.8 Å². The molecule has 1 heterocycles. The zero-order valence-electron chi connectivity index (χ0n) is 13.8. The van der Waals surface area contributed by atoms with Crippen LogP contribution in [0.1, 0.15) is 42.9 Å². The number of methoxy groups -OCH3 is 1. The van der Waals surface area contributed by atoms with Crippen LogP contribution < -0.4 is 4.74 Å². The molecule has 0 atom stereocenters. The number of rotatable bonds is 5. The van der Waals surface area contributed by atoms with Gasteiger partial charge in [-0.1, -0.05) is 25.0 Å². The molecule has 0 bridgehead atoms. The van der Waals surface area contributed by atoms with E-state index in [0.717, 1.165) is 31.4 Å². The molecule has 2 aromatic rings. The third-order valence-electron chi connectivity index (χ3n) is 4.43. The first kappa shape index (κ1) is 17.6. The minimum atomic E-state index is 0. The second kappa shape index (κ2) is 8.16. The fraction of sp³-hybridized carbons (Fsp3) is 0.350. The van der Waals surface area contributed by atoms with E-state index in [1.807, 2.05) is 12.4 Å². The lowest BCUT2D eigenvalue weighted by atomic mass is 9.81. The predicted octanol–water partition coefficient (Wildman–Crippen LogP) is 5.25. The van der Waals surface area contributed by atoms with Crippen LogP contribution in [0.3, 0.4) is 0 Å². The number of pyridine rings is 1. The van der Waals surface area contributed by atoms with E-state index in [2.05, 4.69) is 42.2 Å². The molecule has 1 aromatic carbocycles. The van der Waals surface area contributed by atoms with Crippen LogP contribution in [0, 0.1) is 0 Å². The van der Waals surface area contributed by atoms with Gasteiger partial charge in [-0.3, -0.25) is 4.98 Å². The molecule has 122 valence electrons. The summed E-state index contributed by atoms with van der Waals surface area (Å²) in [7, 11) is 1.74. The molecular weight excluding hydrogens is 306 g/mol. The van der Waals surface area contributed by atoms with Crippen LogP contribution in [0.4, 0.5) is 0 Å². The van der Waals surface area contributed by atoms with Crippen molar-refractivity contribution >= 4 is 18.0 Å². The Morgan fingerprint density at radius 3 is 2.57 bits per heavy atom. The van der Waals surface area contributed by atoms with Crippen molar-refractivity contribution in [1.29, 1.82) is 0 Å². The van der Waals surface area contributed by atoms with Gasteiger partial charge in [-0.05, 0) is 72.2 Å². The Hall–Kier alpha value is -1.80. The van der Waals surface area contributed by atoms with Gasteiger partial charge in [0.2, 0.25) is 0 Å². The fourth-order valence-electron chi connectivity index (χ4n) is 3.33. The molecule has 23 heavy (non-hydrogen) atoms. The molecule has 0 fully saturated rings. The number of benzene rings is 1. The standard InChI is InChI=1S/C20H23NO.ClH/c1-3-4-19-16(13-15-9-11-21-12-10-15)5-6-17-14-18(22-2)7-8-20(17)19;/h7-12,14H,3-6,13H2,1-2H3;1H. The first-order valence-electron chi connectivity index (χ1n) is 8.09. The van der Waals surface area contributed by atoms with E-state index in [1.54, 1.807) is 18.3 Å². The van der Waals surface area contributed by atoms with Crippen molar-refractivity contribution in [1.82, 2.24) is 4.98 Å². The van der Waals surface area contributed by atoms with E-state index in [0.29, 0.717) is 0 Å². The van der Waals surface area contributed by atoms with Crippen LogP contribution in [0.5, 0.6) is 5.75 Å². The van der Waals surface area contributed by atoms with Crippen molar-refractivity contribution in [3.63, 3.8) is 0 Å².